The third-order valence-electron chi connectivity index (χ3n) is 2.38. The molecular formula is C12H16N2O4. The summed E-state index contributed by atoms with van der Waals surface area (Å²) in [5, 5.41) is 17.4. The highest BCUT2D eigenvalue weighted by atomic mass is 16.4. The van der Waals surface area contributed by atoms with Crippen LogP contribution in [0.3, 0.4) is 0 Å². The maximum atomic E-state index is 12.1. The van der Waals surface area contributed by atoms with Gasteiger partial charge in [0.25, 0.3) is 5.91 Å². The third-order valence-corrected chi connectivity index (χ3v) is 2.38. The number of carbonyl (C=O) groups excluding carboxylic acids is 1. The Morgan fingerprint density at radius 1 is 1.33 bits per heavy atom. The van der Waals surface area contributed by atoms with Gasteiger partial charge in [0.05, 0.1) is 12.0 Å². The third kappa shape index (κ3) is 4.50. The molecular weight excluding hydrogens is 236 g/mol. The number of pyridine rings is 1. The van der Waals surface area contributed by atoms with Gasteiger partial charge in [-0.2, -0.15) is 0 Å². The minimum absolute atomic E-state index is 0.0378. The summed E-state index contributed by atoms with van der Waals surface area (Å²) < 4.78 is 0. The Labute approximate surface area is 105 Å². The van der Waals surface area contributed by atoms with Crippen molar-refractivity contribution >= 4 is 11.9 Å². The van der Waals surface area contributed by atoms with Crippen molar-refractivity contribution < 1.29 is 19.8 Å². The molecule has 1 aromatic rings. The molecule has 1 rings (SSSR count). The first-order valence-electron chi connectivity index (χ1n) is 5.67. The van der Waals surface area contributed by atoms with Crippen LogP contribution >= 0.6 is 0 Å². The lowest BCUT2D eigenvalue weighted by atomic mass is 10.2. The summed E-state index contributed by atoms with van der Waals surface area (Å²) in [5.74, 6) is -1.22. The molecule has 0 bridgehead atoms. The molecule has 1 amide bonds. The van der Waals surface area contributed by atoms with Gasteiger partial charge in [-0.3, -0.25) is 14.6 Å². The van der Waals surface area contributed by atoms with Gasteiger partial charge in [0.15, 0.2) is 0 Å². The molecule has 1 aromatic heterocycles. The average molecular weight is 252 g/mol. The molecule has 6 nitrogen and oxygen atoms in total. The Bertz CT molecular complexity index is 394. The van der Waals surface area contributed by atoms with Crippen molar-refractivity contribution in [1.82, 2.24) is 9.88 Å². The fraction of sp³-hybridized carbons (Fsp3) is 0.417. The van der Waals surface area contributed by atoms with Crippen LogP contribution in [0.5, 0.6) is 0 Å². The first kappa shape index (κ1) is 14.1. The van der Waals surface area contributed by atoms with Gasteiger partial charge in [0, 0.05) is 32.1 Å². The highest BCUT2D eigenvalue weighted by molar-refractivity contribution is 5.94. The van der Waals surface area contributed by atoms with E-state index in [0.717, 1.165) is 0 Å². The topological polar surface area (TPSA) is 90.7 Å². The molecule has 0 aromatic carbocycles. The molecule has 0 aliphatic carbocycles. The van der Waals surface area contributed by atoms with Gasteiger partial charge in [-0.15, -0.1) is 0 Å². The van der Waals surface area contributed by atoms with Crippen LogP contribution in [0.2, 0.25) is 0 Å². The molecule has 1 heterocycles. The number of hydrogen-bond acceptors (Lipinski definition) is 4. The maximum absolute atomic E-state index is 12.1. The number of aromatic nitrogens is 1. The number of carbonyl (C=O) groups is 2. The van der Waals surface area contributed by atoms with Gasteiger partial charge in [0.1, 0.15) is 0 Å². The molecule has 6 heteroatoms. The number of rotatable bonds is 7. The van der Waals surface area contributed by atoms with Crippen molar-refractivity contribution in [3.8, 4) is 0 Å². The fourth-order valence-electron chi connectivity index (χ4n) is 1.48. The van der Waals surface area contributed by atoms with Gasteiger partial charge < -0.3 is 15.1 Å². The lowest BCUT2D eigenvalue weighted by Crippen LogP contribution is -2.34. The average Bonchev–Trinajstić information content (AvgIpc) is 2.39. The molecule has 0 aliphatic rings. The van der Waals surface area contributed by atoms with Gasteiger partial charge in [-0.25, -0.2) is 0 Å². The molecule has 0 aliphatic heterocycles. The van der Waals surface area contributed by atoms with Crippen LogP contribution in [0.15, 0.2) is 24.5 Å². The number of aliphatic hydroxyl groups is 1. The number of hydrogen-bond donors (Lipinski definition) is 2. The largest absolute Gasteiger partial charge is 0.481 e. The number of amides is 1. The van der Waals surface area contributed by atoms with Crippen molar-refractivity contribution in [2.45, 2.75) is 12.8 Å². The quantitative estimate of drug-likeness (QED) is 0.732. The number of carboxylic acid groups (broad SMARTS) is 1. The molecule has 0 saturated carbocycles. The molecule has 0 fully saturated rings. The summed E-state index contributed by atoms with van der Waals surface area (Å²) in [6.07, 6.45) is 3.31. The summed E-state index contributed by atoms with van der Waals surface area (Å²) in [7, 11) is 0. The fourth-order valence-corrected chi connectivity index (χ4v) is 1.48. The van der Waals surface area contributed by atoms with E-state index in [-0.39, 0.29) is 25.5 Å². The Morgan fingerprint density at radius 3 is 2.67 bits per heavy atom. The summed E-state index contributed by atoms with van der Waals surface area (Å²) >= 11 is 0. The zero-order chi connectivity index (χ0) is 13.4. The molecule has 0 spiro atoms. The van der Waals surface area contributed by atoms with Crippen LogP contribution in [-0.4, -0.2) is 51.7 Å². The Kier molecular flexibility index (Phi) is 5.79. The van der Waals surface area contributed by atoms with Crippen LogP contribution in [0.4, 0.5) is 0 Å². The molecule has 0 unspecified atom stereocenters. The van der Waals surface area contributed by atoms with Crippen molar-refractivity contribution in [1.29, 1.82) is 0 Å². The predicted molar refractivity (Wildman–Crippen MR) is 64.1 cm³/mol. The highest BCUT2D eigenvalue weighted by Gasteiger charge is 2.16. The second-order valence-corrected chi connectivity index (χ2v) is 3.75. The zero-order valence-corrected chi connectivity index (χ0v) is 9.95. The van der Waals surface area contributed by atoms with Gasteiger partial charge in [-0.05, 0) is 18.6 Å². The molecule has 0 atom stereocenters. The predicted octanol–water partition coefficient (Wildman–Crippen LogP) is 0.381. The van der Waals surface area contributed by atoms with E-state index in [0.29, 0.717) is 18.5 Å². The van der Waals surface area contributed by atoms with Crippen molar-refractivity contribution in [3.63, 3.8) is 0 Å². The Balaban J connectivity index is 2.69. The smallest absolute Gasteiger partial charge is 0.305 e. The molecule has 98 valence electrons. The van der Waals surface area contributed by atoms with Crippen LogP contribution in [0.25, 0.3) is 0 Å². The van der Waals surface area contributed by atoms with Crippen molar-refractivity contribution in [3.05, 3.63) is 30.1 Å². The summed E-state index contributed by atoms with van der Waals surface area (Å²) in [4.78, 5) is 27.9. The van der Waals surface area contributed by atoms with E-state index in [1.807, 2.05) is 0 Å². The normalized spacial score (nSPS) is 10.1. The van der Waals surface area contributed by atoms with E-state index >= 15 is 0 Å². The van der Waals surface area contributed by atoms with Crippen LogP contribution < -0.4 is 0 Å². The molecule has 18 heavy (non-hydrogen) atoms. The van der Waals surface area contributed by atoms with Crippen LogP contribution in [0.1, 0.15) is 23.2 Å². The molecule has 2 N–H and O–H groups in total. The van der Waals surface area contributed by atoms with Gasteiger partial charge in [-0.1, -0.05) is 0 Å². The van der Waals surface area contributed by atoms with E-state index in [2.05, 4.69) is 4.98 Å². The SMILES string of the molecule is O=C(O)CCN(CCCO)C(=O)c1cccnc1. The van der Waals surface area contributed by atoms with Crippen molar-refractivity contribution in [2.24, 2.45) is 0 Å². The first-order chi connectivity index (χ1) is 8.65. The van der Waals surface area contributed by atoms with E-state index < -0.39 is 5.97 Å². The lowest BCUT2D eigenvalue weighted by Gasteiger charge is -2.21. The number of carboxylic acids is 1. The Hall–Kier alpha value is -1.95. The monoisotopic (exact) mass is 252 g/mol. The van der Waals surface area contributed by atoms with Crippen LogP contribution in [-0.2, 0) is 4.79 Å². The summed E-state index contributed by atoms with van der Waals surface area (Å²) in [6.45, 7) is 0.421. The van der Waals surface area contributed by atoms with Crippen LogP contribution in [0, 0.1) is 0 Å². The summed E-state index contributed by atoms with van der Waals surface area (Å²) in [6, 6.07) is 3.27. The highest BCUT2D eigenvalue weighted by Crippen LogP contribution is 2.05. The van der Waals surface area contributed by atoms with Gasteiger partial charge >= 0.3 is 5.97 Å². The standard InChI is InChI=1S/C12H16N2O4/c15-8-2-6-14(7-4-11(16)17)12(18)10-3-1-5-13-9-10/h1,3,5,9,15H,2,4,6-8H2,(H,16,17). The van der Waals surface area contributed by atoms with Crippen molar-refractivity contribution in [2.75, 3.05) is 19.7 Å². The van der Waals surface area contributed by atoms with E-state index in [9.17, 15) is 9.59 Å². The summed E-state index contributed by atoms with van der Waals surface area (Å²) in [5.41, 5.74) is 0.417. The minimum Gasteiger partial charge on any atom is -0.481 e. The molecule has 0 saturated heterocycles. The number of nitrogens with zero attached hydrogens (tertiary/aromatic N) is 2. The zero-order valence-electron chi connectivity index (χ0n) is 9.95. The first-order valence-corrected chi connectivity index (χ1v) is 5.67. The van der Waals surface area contributed by atoms with Gasteiger partial charge in [0.2, 0.25) is 0 Å². The second-order valence-electron chi connectivity index (χ2n) is 3.75. The van der Waals surface area contributed by atoms with E-state index in [1.165, 1.54) is 11.1 Å². The second kappa shape index (κ2) is 7.39. The molecule has 0 radical (unpaired) electrons. The number of aliphatic hydroxyl groups excluding tert-OH is 1. The van der Waals surface area contributed by atoms with E-state index in [1.54, 1.807) is 18.3 Å². The Morgan fingerprint density at radius 2 is 2.11 bits per heavy atom. The maximum Gasteiger partial charge on any atom is 0.305 e. The number of aliphatic carboxylic acids is 1. The lowest BCUT2D eigenvalue weighted by molar-refractivity contribution is -0.137. The van der Waals surface area contributed by atoms with E-state index in [4.69, 9.17) is 10.2 Å². The minimum atomic E-state index is -0.956.